The highest BCUT2D eigenvalue weighted by Crippen LogP contribution is 2.43. The molecular weight excluding hydrogens is 546 g/mol. The highest BCUT2D eigenvalue weighted by Gasteiger charge is 2.48. The first-order valence-electron chi connectivity index (χ1n) is 11.9. The quantitative estimate of drug-likeness (QED) is 0.250. The van der Waals surface area contributed by atoms with Gasteiger partial charge in [-0.3, -0.25) is 9.11 Å². The highest BCUT2D eigenvalue weighted by atomic mass is 32.3. The zero-order valence-electron chi connectivity index (χ0n) is 20.3. The predicted octanol–water partition coefficient (Wildman–Crippen LogP) is 4.31. The summed E-state index contributed by atoms with van der Waals surface area (Å²) in [7, 11) is -10.3. The fraction of sp³-hybridized carbons (Fsp3) is 0.185. The summed E-state index contributed by atoms with van der Waals surface area (Å²) >= 11 is 0. The summed E-state index contributed by atoms with van der Waals surface area (Å²) in [5, 5.41) is 1.55. The Labute approximate surface area is 225 Å². The van der Waals surface area contributed by atoms with Crippen LogP contribution in [0.25, 0.3) is 16.3 Å². The maximum atomic E-state index is 12.1. The van der Waals surface area contributed by atoms with Gasteiger partial charge in [-0.2, -0.15) is 16.8 Å². The van der Waals surface area contributed by atoms with E-state index in [9.17, 15) is 25.9 Å². The van der Waals surface area contributed by atoms with Crippen molar-refractivity contribution in [1.82, 2.24) is 4.98 Å². The third-order valence-electron chi connectivity index (χ3n) is 6.49. The Bertz CT molecular complexity index is 1680. The van der Waals surface area contributed by atoms with Gasteiger partial charge in [0.05, 0.1) is 12.7 Å². The average molecular weight is 572 g/mol. The Balaban J connectivity index is 1.72. The molecule has 0 amide bonds. The number of rotatable bonds is 9. The van der Waals surface area contributed by atoms with Gasteiger partial charge in [0.1, 0.15) is 12.2 Å². The van der Waals surface area contributed by atoms with Crippen LogP contribution in [0.3, 0.4) is 0 Å². The molecule has 39 heavy (non-hydrogen) atoms. The molecule has 4 aromatic rings. The van der Waals surface area contributed by atoms with E-state index in [1.807, 2.05) is 30.3 Å². The smallest absolute Gasteiger partial charge is 0.370 e. The summed E-state index contributed by atoms with van der Waals surface area (Å²) < 4.78 is 84.0. The lowest BCUT2D eigenvalue weighted by Crippen LogP contribution is -2.50. The zero-order chi connectivity index (χ0) is 27.6. The molecule has 1 heterocycles. The van der Waals surface area contributed by atoms with E-state index in [1.165, 1.54) is 0 Å². The summed E-state index contributed by atoms with van der Waals surface area (Å²) in [5.41, 5.74) is 2.18. The second-order valence-electron chi connectivity index (χ2n) is 9.01. The van der Waals surface area contributed by atoms with E-state index in [-0.39, 0.29) is 12.2 Å². The molecule has 12 heteroatoms. The molecule has 0 fully saturated rings. The van der Waals surface area contributed by atoms with Crippen molar-refractivity contribution in [2.45, 2.75) is 30.8 Å². The fourth-order valence-corrected chi connectivity index (χ4v) is 5.90. The number of H-pyrrole nitrogens is 1. The Morgan fingerprint density at radius 3 is 2.15 bits per heavy atom. The van der Waals surface area contributed by atoms with Crippen molar-refractivity contribution >= 4 is 37.1 Å². The van der Waals surface area contributed by atoms with Crippen LogP contribution in [0.15, 0.2) is 97.3 Å². The maximum Gasteiger partial charge on any atom is 0.398 e. The number of aromatic amines is 1. The van der Waals surface area contributed by atoms with Gasteiger partial charge >= 0.3 is 20.8 Å². The Morgan fingerprint density at radius 1 is 0.769 bits per heavy atom. The van der Waals surface area contributed by atoms with Gasteiger partial charge in [0.25, 0.3) is 0 Å². The van der Waals surface area contributed by atoms with Gasteiger partial charge in [-0.15, -0.1) is 0 Å². The Kier molecular flexibility index (Phi) is 7.69. The van der Waals surface area contributed by atoms with E-state index in [4.69, 9.17) is 13.1 Å². The summed E-state index contributed by atoms with van der Waals surface area (Å²) in [6.07, 6.45) is 0.478. The molecule has 0 aliphatic heterocycles. The topological polar surface area (TPSA) is 152 Å². The molecule has 0 radical (unpaired) electrons. The van der Waals surface area contributed by atoms with Gasteiger partial charge in [0.2, 0.25) is 0 Å². The summed E-state index contributed by atoms with van der Waals surface area (Å²) in [6, 6.07) is 23.5. The number of ether oxygens (including phenoxy) is 1. The van der Waals surface area contributed by atoms with Gasteiger partial charge in [-0.1, -0.05) is 78.9 Å². The van der Waals surface area contributed by atoms with E-state index in [2.05, 4.69) is 4.98 Å². The van der Waals surface area contributed by atoms with Crippen LogP contribution in [0, 0.1) is 0 Å². The minimum Gasteiger partial charge on any atom is -0.370 e. The van der Waals surface area contributed by atoms with Crippen LogP contribution in [0.2, 0.25) is 0 Å². The summed E-state index contributed by atoms with van der Waals surface area (Å²) in [4.78, 5) is 2.96. The number of fused-ring (bicyclic) bond motifs is 1. The van der Waals surface area contributed by atoms with Gasteiger partial charge in [-0.25, -0.2) is 8.37 Å². The molecule has 1 aliphatic rings. The van der Waals surface area contributed by atoms with Crippen LogP contribution in [-0.4, -0.2) is 49.2 Å². The van der Waals surface area contributed by atoms with Crippen molar-refractivity contribution in [2.24, 2.45) is 0 Å². The lowest BCUT2D eigenvalue weighted by Gasteiger charge is -2.40. The van der Waals surface area contributed by atoms with Crippen LogP contribution in [0.4, 0.5) is 0 Å². The van der Waals surface area contributed by atoms with Crippen molar-refractivity contribution in [3.63, 3.8) is 0 Å². The molecular formula is C27H25NO9S2. The molecule has 1 aromatic heterocycles. The lowest BCUT2D eigenvalue weighted by atomic mass is 9.77. The van der Waals surface area contributed by atoms with Crippen molar-refractivity contribution < 1.29 is 39.0 Å². The fourth-order valence-electron chi connectivity index (χ4n) is 4.94. The molecule has 10 nitrogen and oxygen atoms in total. The number of aromatic nitrogens is 1. The second kappa shape index (κ2) is 11.0. The molecule has 204 valence electrons. The third kappa shape index (κ3) is 6.45. The number of benzene rings is 3. The van der Waals surface area contributed by atoms with E-state index in [0.29, 0.717) is 11.1 Å². The first kappa shape index (κ1) is 27.2. The molecule has 3 N–H and O–H groups in total. The minimum atomic E-state index is -5.14. The molecule has 4 atom stereocenters. The first-order valence-corrected chi connectivity index (χ1v) is 14.6. The third-order valence-corrected chi connectivity index (χ3v) is 7.41. The van der Waals surface area contributed by atoms with E-state index in [1.54, 1.807) is 67.0 Å². The van der Waals surface area contributed by atoms with Gasteiger partial charge < -0.3 is 9.72 Å². The molecule has 0 spiro atoms. The number of hydrogen-bond donors (Lipinski definition) is 3. The average Bonchev–Trinajstić information content (AvgIpc) is 3.42. The lowest BCUT2D eigenvalue weighted by molar-refractivity contribution is -0.0755. The molecule has 0 saturated carbocycles. The van der Waals surface area contributed by atoms with Gasteiger partial charge in [0, 0.05) is 18.3 Å². The minimum absolute atomic E-state index is 0.00774. The number of nitrogens with one attached hydrogen (secondary N) is 1. The Morgan fingerprint density at radius 2 is 1.46 bits per heavy atom. The molecule has 1 aliphatic carbocycles. The van der Waals surface area contributed by atoms with Crippen molar-refractivity contribution in [2.75, 3.05) is 0 Å². The largest absolute Gasteiger partial charge is 0.398 e. The molecule has 0 unspecified atom stereocenters. The highest BCUT2D eigenvalue weighted by molar-refractivity contribution is 7.81. The normalized spacial score (nSPS) is 22.1. The van der Waals surface area contributed by atoms with Crippen LogP contribution in [-0.2, 0) is 40.5 Å². The zero-order valence-corrected chi connectivity index (χ0v) is 22.0. The van der Waals surface area contributed by atoms with Gasteiger partial charge in [0.15, 0.2) is 0 Å². The van der Waals surface area contributed by atoms with Crippen LogP contribution >= 0.6 is 0 Å². The molecule has 0 saturated heterocycles. The number of hydrogen-bond acceptors (Lipinski definition) is 7. The monoisotopic (exact) mass is 571 g/mol. The molecule has 5 rings (SSSR count). The first-order chi connectivity index (χ1) is 18.6. The van der Waals surface area contributed by atoms with Crippen LogP contribution in [0.5, 0.6) is 0 Å². The molecule has 3 aromatic carbocycles. The van der Waals surface area contributed by atoms with Crippen LogP contribution < -0.4 is 0 Å². The summed E-state index contributed by atoms with van der Waals surface area (Å²) in [5.74, 6) is -0.679. The predicted molar refractivity (Wildman–Crippen MR) is 143 cm³/mol. The Hall–Kier alpha value is -3.36. The SMILES string of the molecule is O=S(=O)(O)O[C@H]1[C@H](OCc2ccccc2)[C@@H](c2cc[nH]c2)C=C(c2cccc3ccccc23)[C@H]1OS(=O)(=O)O. The van der Waals surface area contributed by atoms with E-state index < -0.39 is 45.0 Å². The van der Waals surface area contributed by atoms with Crippen molar-refractivity contribution in [3.05, 3.63) is 114 Å². The van der Waals surface area contributed by atoms with Crippen molar-refractivity contribution in [3.8, 4) is 0 Å². The van der Waals surface area contributed by atoms with E-state index in [0.717, 1.165) is 16.3 Å². The van der Waals surface area contributed by atoms with Crippen molar-refractivity contribution in [1.29, 1.82) is 0 Å². The summed E-state index contributed by atoms with van der Waals surface area (Å²) in [6.45, 7) is 0.00774. The van der Waals surface area contributed by atoms with Crippen LogP contribution in [0.1, 0.15) is 22.6 Å². The maximum absolute atomic E-state index is 12.1. The standard InChI is InChI=1S/C27H25NO9S2/c29-38(30,31)36-26-24(22-12-6-10-19-9-4-5-11-21(19)22)15-23(20-13-14-28-16-20)25(27(26)37-39(32,33)34)35-17-18-7-2-1-3-8-18/h1-16,23,25-28H,17H2,(H,29,30,31)(H,32,33,34)/t23-,25-,26-,27+/m1/s1. The van der Waals surface area contributed by atoms with E-state index >= 15 is 0 Å². The molecule has 0 bridgehead atoms. The second-order valence-corrected chi connectivity index (χ2v) is 11.1. The van der Waals surface area contributed by atoms with Gasteiger partial charge in [-0.05, 0) is 39.1 Å².